The zero-order valence-corrected chi connectivity index (χ0v) is 22.7. The van der Waals surface area contributed by atoms with Gasteiger partial charge in [-0.2, -0.15) is 0 Å². The molecule has 1 unspecified atom stereocenters. The molecule has 2 heterocycles. The number of aromatic amines is 1. The van der Waals surface area contributed by atoms with E-state index in [2.05, 4.69) is 22.7 Å². The monoisotopic (exact) mass is 550 g/mol. The second-order valence-electron chi connectivity index (χ2n) is 9.07. The Morgan fingerprint density at radius 2 is 1.95 bits per heavy atom. The molecule has 1 atom stereocenters. The number of thioether (sulfide) groups is 1. The van der Waals surface area contributed by atoms with Crippen LogP contribution in [0.2, 0.25) is 0 Å². The van der Waals surface area contributed by atoms with E-state index < -0.39 is 11.6 Å². The summed E-state index contributed by atoms with van der Waals surface area (Å²) in [6.07, 6.45) is 2.47. The minimum absolute atomic E-state index is 0.0358. The van der Waals surface area contributed by atoms with Crippen LogP contribution in [0, 0.1) is 6.92 Å². The van der Waals surface area contributed by atoms with Gasteiger partial charge >= 0.3 is 16.6 Å². The van der Waals surface area contributed by atoms with Crippen molar-refractivity contribution in [3.05, 3.63) is 92.1 Å². The van der Waals surface area contributed by atoms with Gasteiger partial charge < -0.3 is 10.1 Å². The van der Waals surface area contributed by atoms with E-state index >= 15 is 0 Å². The Balaban J connectivity index is 1.34. The number of hydrogen-bond donors (Lipinski definition) is 2. The average molecular weight is 551 g/mol. The van der Waals surface area contributed by atoms with Crippen LogP contribution in [0.25, 0.3) is 5.69 Å². The lowest BCUT2D eigenvalue weighted by Gasteiger charge is -2.23. The summed E-state index contributed by atoms with van der Waals surface area (Å²) in [5.74, 6) is -0.419. The minimum Gasteiger partial charge on any atom is -0.462 e. The highest BCUT2D eigenvalue weighted by Crippen LogP contribution is 2.42. The molecule has 0 saturated heterocycles. The number of aromatic nitrogens is 2. The number of carbonyl (C=O) groups is 2. The molecule has 4 aromatic rings. The number of aryl methyl sites for hydroxylation is 1. The van der Waals surface area contributed by atoms with Crippen molar-refractivity contribution in [1.82, 2.24) is 5.27 Å². The molecule has 8 nitrogen and oxygen atoms in total. The van der Waals surface area contributed by atoms with E-state index in [9.17, 15) is 14.4 Å². The summed E-state index contributed by atoms with van der Waals surface area (Å²) >= 11 is 2.50. The molecule has 10 heteroatoms. The molecule has 2 N–H and O–H groups in total. The maximum atomic E-state index is 13.0. The minimum atomic E-state index is -0.561. The lowest BCUT2D eigenvalue weighted by Crippen LogP contribution is -2.36. The van der Waals surface area contributed by atoms with Gasteiger partial charge in [-0.05, 0) is 71.9 Å². The number of carbonyl (C=O) groups excluding carboxylic acids is 2. The third-order valence-corrected chi connectivity index (χ3v) is 8.71. The molecule has 0 spiro atoms. The zero-order valence-electron chi connectivity index (χ0n) is 21.1. The fourth-order valence-electron chi connectivity index (χ4n) is 4.65. The standard InChI is InChI=1S/C28H27N3O5S2/c1-3-35-27(33)24-21-14-11-19(18-7-5-4-6-8-18)15-22(21)38-25(24)29-23(32)16-37-26-28(34)36-30-31(26)20-12-9-17(2)10-13-20/h4-10,12-13,19H,3,11,14-16H2,1-2H3,(H-,29,30,32,33,34)/p+1. The van der Waals surface area contributed by atoms with E-state index in [-0.39, 0.29) is 23.3 Å². The molecule has 2 aromatic heterocycles. The number of hydrogen-bond acceptors (Lipinski definition) is 7. The van der Waals surface area contributed by atoms with Crippen molar-refractivity contribution in [2.24, 2.45) is 0 Å². The summed E-state index contributed by atoms with van der Waals surface area (Å²) in [5, 5.41) is 6.26. The third-order valence-electron chi connectivity index (χ3n) is 6.51. The van der Waals surface area contributed by atoms with E-state index in [1.165, 1.54) is 21.6 Å². The number of amides is 1. The quantitative estimate of drug-likeness (QED) is 0.186. The molecule has 0 fully saturated rings. The van der Waals surface area contributed by atoms with E-state index in [1.54, 1.807) is 6.92 Å². The molecule has 1 amide bonds. The summed E-state index contributed by atoms with van der Waals surface area (Å²) in [7, 11) is 0. The van der Waals surface area contributed by atoms with Crippen LogP contribution in [0.1, 0.15) is 51.2 Å². The van der Waals surface area contributed by atoms with Gasteiger partial charge in [-0.3, -0.25) is 9.32 Å². The number of thiophene rings is 1. The Morgan fingerprint density at radius 1 is 1.18 bits per heavy atom. The number of benzene rings is 2. The Kier molecular flexibility index (Phi) is 7.80. The third kappa shape index (κ3) is 5.46. The molecule has 1 aliphatic carbocycles. The first kappa shape index (κ1) is 26.0. The fourth-order valence-corrected chi connectivity index (χ4v) is 6.75. The van der Waals surface area contributed by atoms with Crippen LogP contribution in [0.3, 0.4) is 0 Å². The molecule has 2 aromatic carbocycles. The van der Waals surface area contributed by atoms with Crippen LogP contribution in [0.4, 0.5) is 5.00 Å². The van der Waals surface area contributed by atoms with Gasteiger partial charge in [0.05, 0.1) is 17.9 Å². The molecule has 38 heavy (non-hydrogen) atoms. The summed E-state index contributed by atoms with van der Waals surface area (Å²) in [5.41, 5.74) is 3.93. The lowest BCUT2D eigenvalue weighted by atomic mass is 9.83. The number of nitrogens with one attached hydrogen (secondary N) is 2. The van der Waals surface area contributed by atoms with Crippen LogP contribution >= 0.6 is 23.1 Å². The molecule has 5 rings (SSSR count). The molecular formula is C28H28N3O5S2+. The number of fused-ring (bicyclic) bond motifs is 1. The average Bonchev–Trinajstić information content (AvgIpc) is 3.47. The predicted octanol–water partition coefficient (Wildman–Crippen LogP) is 4.79. The van der Waals surface area contributed by atoms with Gasteiger partial charge in [-0.1, -0.05) is 48.0 Å². The summed E-state index contributed by atoms with van der Waals surface area (Å²) < 4.78 is 11.8. The van der Waals surface area contributed by atoms with Crippen LogP contribution in [-0.2, 0) is 22.4 Å². The van der Waals surface area contributed by atoms with Crippen LogP contribution < -0.4 is 15.6 Å². The van der Waals surface area contributed by atoms with Gasteiger partial charge in [0, 0.05) is 17.0 Å². The number of nitrogens with zero attached hydrogens (tertiary/aromatic N) is 1. The summed E-state index contributed by atoms with van der Waals surface area (Å²) in [4.78, 5) is 39.3. The molecule has 196 valence electrons. The van der Waals surface area contributed by atoms with Crippen molar-refractivity contribution < 1.29 is 23.5 Å². The maximum Gasteiger partial charge on any atom is 0.442 e. The van der Waals surface area contributed by atoms with Crippen molar-refractivity contribution in [3.8, 4) is 5.69 Å². The molecule has 0 saturated carbocycles. The topological polar surface area (TPSA) is 105 Å². The van der Waals surface area contributed by atoms with Gasteiger partial charge in [-0.25, -0.2) is 9.59 Å². The Bertz CT molecular complexity index is 1510. The number of esters is 1. The highest BCUT2D eigenvalue weighted by molar-refractivity contribution is 7.99. The van der Waals surface area contributed by atoms with E-state index in [4.69, 9.17) is 9.26 Å². The highest BCUT2D eigenvalue weighted by Gasteiger charge is 2.31. The largest absolute Gasteiger partial charge is 0.462 e. The fraction of sp³-hybridized carbons (Fsp3) is 0.286. The molecular weight excluding hydrogens is 522 g/mol. The number of H-pyrrole nitrogens is 1. The van der Waals surface area contributed by atoms with Crippen LogP contribution in [-0.4, -0.2) is 29.5 Å². The van der Waals surface area contributed by atoms with Gasteiger partial charge in [0.2, 0.25) is 11.6 Å². The van der Waals surface area contributed by atoms with E-state index in [0.29, 0.717) is 22.2 Å². The first-order valence-electron chi connectivity index (χ1n) is 12.4. The first-order chi connectivity index (χ1) is 18.4. The number of anilines is 1. The Morgan fingerprint density at radius 3 is 2.68 bits per heavy atom. The number of ether oxygens (including phenoxy) is 1. The highest BCUT2D eigenvalue weighted by atomic mass is 32.2. The smallest absolute Gasteiger partial charge is 0.442 e. The predicted molar refractivity (Wildman–Crippen MR) is 146 cm³/mol. The van der Waals surface area contributed by atoms with Gasteiger partial charge in [0.1, 0.15) is 5.00 Å². The molecule has 0 aliphatic heterocycles. The zero-order chi connectivity index (χ0) is 26.6. The Labute approximate surface area is 228 Å². The normalized spacial score (nSPS) is 14.6. The lowest BCUT2D eigenvalue weighted by molar-refractivity contribution is -0.704. The van der Waals surface area contributed by atoms with Crippen molar-refractivity contribution in [2.75, 3.05) is 17.7 Å². The second-order valence-corrected chi connectivity index (χ2v) is 11.1. The molecule has 1 aliphatic rings. The first-order valence-corrected chi connectivity index (χ1v) is 14.2. The van der Waals surface area contributed by atoms with Crippen molar-refractivity contribution >= 4 is 40.0 Å². The van der Waals surface area contributed by atoms with E-state index in [1.807, 2.05) is 49.4 Å². The summed E-state index contributed by atoms with van der Waals surface area (Å²) in [6.45, 7) is 3.99. The molecule has 0 bridgehead atoms. The van der Waals surface area contributed by atoms with E-state index in [0.717, 1.165) is 47.0 Å². The molecule has 0 radical (unpaired) electrons. The van der Waals surface area contributed by atoms with Crippen molar-refractivity contribution in [1.29, 1.82) is 0 Å². The SMILES string of the molecule is CCOC(=O)c1c(NC(=O)CSc2c(=O)o[nH][n+]2-c2ccc(C)cc2)sc2c1CCC(c1ccccc1)C2. The van der Waals surface area contributed by atoms with Gasteiger partial charge in [0.25, 0.3) is 0 Å². The maximum absolute atomic E-state index is 13.0. The van der Waals surface area contributed by atoms with Crippen molar-refractivity contribution in [2.45, 2.75) is 44.1 Å². The van der Waals surface area contributed by atoms with Gasteiger partial charge in [0.15, 0.2) is 0 Å². The number of rotatable bonds is 8. The van der Waals surface area contributed by atoms with Gasteiger partial charge in [-0.15, -0.1) is 11.3 Å². The second kappa shape index (κ2) is 11.4. The van der Waals surface area contributed by atoms with Crippen molar-refractivity contribution in [3.63, 3.8) is 0 Å². The Hall–Kier alpha value is -3.63. The van der Waals surface area contributed by atoms with Crippen LogP contribution in [0.15, 0.2) is 68.9 Å². The van der Waals surface area contributed by atoms with Crippen LogP contribution in [0.5, 0.6) is 0 Å². The summed E-state index contributed by atoms with van der Waals surface area (Å²) in [6, 6.07) is 17.9.